The van der Waals surface area contributed by atoms with Crippen LogP contribution >= 0.6 is 0 Å². The van der Waals surface area contributed by atoms with E-state index in [2.05, 4.69) is 60.8 Å². The topological polar surface area (TPSA) is 74.6 Å². The van der Waals surface area contributed by atoms with E-state index < -0.39 is 5.60 Å². The highest BCUT2D eigenvalue weighted by molar-refractivity contribution is 5.93. The second-order valence-electron chi connectivity index (χ2n) is 12.0. The molecule has 0 radical (unpaired) electrons. The minimum Gasteiger partial charge on any atom is -0.487 e. The lowest BCUT2D eigenvalue weighted by Crippen LogP contribution is -2.33. The summed E-state index contributed by atoms with van der Waals surface area (Å²) < 4.78 is 20.0. The van der Waals surface area contributed by atoms with Gasteiger partial charge in [-0.2, -0.15) is 5.10 Å². The third-order valence-electron chi connectivity index (χ3n) is 7.73. The highest BCUT2D eigenvalue weighted by Crippen LogP contribution is 2.39. The SMILES string of the molecule is CCC(CCNC(=O)OC(C)(C)C)c1ccc(-c2ccc3c(cnn3C3CCCCO3)c2OCc2ccccc2)cc1. The number of rotatable bonds is 10. The van der Waals surface area contributed by atoms with Gasteiger partial charge in [-0.3, -0.25) is 0 Å². The summed E-state index contributed by atoms with van der Waals surface area (Å²) in [5.41, 5.74) is 5.01. The van der Waals surface area contributed by atoms with Crippen LogP contribution in [0, 0.1) is 0 Å². The van der Waals surface area contributed by atoms with Gasteiger partial charge in [0.05, 0.1) is 17.1 Å². The number of ether oxygens (including phenoxy) is 3. The van der Waals surface area contributed by atoms with Gasteiger partial charge in [-0.05, 0) is 87.6 Å². The van der Waals surface area contributed by atoms with Crippen molar-refractivity contribution in [3.05, 3.63) is 84.1 Å². The van der Waals surface area contributed by atoms with Crippen LogP contribution in [-0.4, -0.2) is 34.6 Å². The molecule has 7 heteroatoms. The van der Waals surface area contributed by atoms with Crippen LogP contribution in [0.15, 0.2) is 72.9 Å². The molecular formula is C35H43N3O4. The van der Waals surface area contributed by atoms with Crippen molar-refractivity contribution in [2.24, 2.45) is 0 Å². The predicted octanol–water partition coefficient (Wildman–Crippen LogP) is 8.39. The average Bonchev–Trinajstić information content (AvgIpc) is 3.43. The third kappa shape index (κ3) is 7.32. The number of carbonyl (C=O) groups is 1. The van der Waals surface area contributed by atoms with Crippen molar-refractivity contribution in [1.82, 2.24) is 15.1 Å². The number of nitrogens with one attached hydrogen (secondary N) is 1. The Morgan fingerprint density at radius 2 is 1.86 bits per heavy atom. The summed E-state index contributed by atoms with van der Waals surface area (Å²) in [6, 6.07) is 23.2. The van der Waals surface area contributed by atoms with Crippen LogP contribution in [0.4, 0.5) is 4.79 Å². The maximum atomic E-state index is 12.1. The molecule has 5 rings (SSSR count). The molecule has 0 saturated carbocycles. The Balaban J connectivity index is 1.38. The minimum absolute atomic E-state index is 0.0425. The number of benzene rings is 3. The number of amides is 1. The van der Waals surface area contributed by atoms with Gasteiger partial charge in [0.25, 0.3) is 0 Å². The van der Waals surface area contributed by atoms with Crippen LogP contribution in [0.2, 0.25) is 0 Å². The first kappa shape index (κ1) is 29.6. The van der Waals surface area contributed by atoms with E-state index in [1.54, 1.807) is 0 Å². The molecule has 1 aromatic heterocycles. The van der Waals surface area contributed by atoms with Gasteiger partial charge in [0, 0.05) is 18.7 Å². The van der Waals surface area contributed by atoms with Crippen LogP contribution in [0.1, 0.15) is 83.1 Å². The zero-order valence-electron chi connectivity index (χ0n) is 25.3. The monoisotopic (exact) mass is 569 g/mol. The van der Waals surface area contributed by atoms with E-state index in [-0.39, 0.29) is 12.3 Å². The molecule has 222 valence electrons. The molecule has 1 aliphatic heterocycles. The van der Waals surface area contributed by atoms with Crippen LogP contribution in [0.5, 0.6) is 5.75 Å². The lowest BCUT2D eigenvalue weighted by atomic mass is 9.91. The van der Waals surface area contributed by atoms with Crippen molar-refractivity contribution in [3.8, 4) is 16.9 Å². The van der Waals surface area contributed by atoms with Crippen LogP contribution in [-0.2, 0) is 16.1 Å². The molecule has 1 fully saturated rings. The number of carbonyl (C=O) groups excluding carboxylic acids is 1. The van der Waals surface area contributed by atoms with Crippen LogP contribution in [0.3, 0.4) is 0 Å². The molecule has 0 bridgehead atoms. The van der Waals surface area contributed by atoms with E-state index in [0.29, 0.717) is 19.1 Å². The van der Waals surface area contributed by atoms with E-state index in [4.69, 9.17) is 19.3 Å². The molecule has 42 heavy (non-hydrogen) atoms. The number of aromatic nitrogens is 2. The van der Waals surface area contributed by atoms with Gasteiger partial charge in [-0.1, -0.05) is 61.5 Å². The smallest absolute Gasteiger partial charge is 0.407 e. The van der Waals surface area contributed by atoms with Gasteiger partial charge >= 0.3 is 6.09 Å². The summed E-state index contributed by atoms with van der Waals surface area (Å²) in [4.78, 5) is 12.1. The van der Waals surface area contributed by atoms with Crippen molar-refractivity contribution in [3.63, 3.8) is 0 Å². The first-order valence-corrected chi connectivity index (χ1v) is 15.2. The Hall–Kier alpha value is -3.84. The normalized spacial score (nSPS) is 16.2. The summed E-state index contributed by atoms with van der Waals surface area (Å²) in [5.74, 6) is 1.17. The quantitative estimate of drug-likeness (QED) is 0.208. The molecule has 1 saturated heterocycles. The summed E-state index contributed by atoms with van der Waals surface area (Å²) in [5, 5.41) is 8.63. The van der Waals surface area contributed by atoms with Crippen molar-refractivity contribution >= 4 is 17.0 Å². The van der Waals surface area contributed by atoms with Gasteiger partial charge in [0.15, 0.2) is 6.23 Å². The average molecular weight is 570 g/mol. The van der Waals surface area contributed by atoms with Crippen molar-refractivity contribution in [1.29, 1.82) is 0 Å². The fourth-order valence-electron chi connectivity index (χ4n) is 5.56. The highest BCUT2D eigenvalue weighted by Gasteiger charge is 2.22. The van der Waals surface area contributed by atoms with E-state index in [0.717, 1.165) is 72.1 Å². The lowest BCUT2D eigenvalue weighted by Gasteiger charge is -2.23. The van der Waals surface area contributed by atoms with Gasteiger partial charge < -0.3 is 19.5 Å². The zero-order chi connectivity index (χ0) is 29.5. The maximum Gasteiger partial charge on any atom is 0.407 e. The second-order valence-corrected chi connectivity index (χ2v) is 12.0. The number of fused-ring (bicyclic) bond motifs is 1. The summed E-state index contributed by atoms with van der Waals surface area (Å²) in [7, 11) is 0. The fourth-order valence-corrected chi connectivity index (χ4v) is 5.56. The first-order valence-electron chi connectivity index (χ1n) is 15.2. The molecular weight excluding hydrogens is 526 g/mol. The molecule has 1 N–H and O–H groups in total. The molecule has 2 unspecified atom stereocenters. The predicted molar refractivity (Wildman–Crippen MR) is 167 cm³/mol. The van der Waals surface area contributed by atoms with E-state index in [1.807, 2.05) is 49.8 Å². The van der Waals surface area contributed by atoms with E-state index >= 15 is 0 Å². The number of nitrogens with zero attached hydrogens (tertiary/aromatic N) is 2. The Labute approximate surface area is 249 Å². The van der Waals surface area contributed by atoms with Gasteiger partial charge in [0.1, 0.15) is 18.0 Å². The molecule has 3 aromatic carbocycles. The van der Waals surface area contributed by atoms with Crippen molar-refractivity contribution < 1.29 is 19.0 Å². The molecule has 7 nitrogen and oxygen atoms in total. The maximum absolute atomic E-state index is 12.1. The number of alkyl carbamates (subject to hydrolysis) is 1. The molecule has 0 aliphatic carbocycles. The highest BCUT2D eigenvalue weighted by atomic mass is 16.6. The molecule has 1 aliphatic rings. The largest absolute Gasteiger partial charge is 0.487 e. The lowest BCUT2D eigenvalue weighted by molar-refractivity contribution is -0.0366. The number of hydrogen-bond donors (Lipinski definition) is 1. The molecule has 4 aromatic rings. The Morgan fingerprint density at radius 3 is 2.55 bits per heavy atom. The van der Waals surface area contributed by atoms with Crippen LogP contribution in [0.25, 0.3) is 22.0 Å². The van der Waals surface area contributed by atoms with Gasteiger partial charge in [-0.15, -0.1) is 0 Å². The molecule has 0 spiro atoms. The standard InChI is InChI=1S/C35H43N3O4/c1-5-26(20-21-36-34(39)42-35(2,3)4)27-14-16-28(17-15-27)29-18-19-31-30(23-37-38(31)32-13-9-10-22-40-32)33(29)41-24-25-11-7-6-8-12-25/h6-8,11-12,14-19,23,26,32H,5,9-10,13,20-22,24H2,1-4H3,(H,36,39). The summed E-state index contributed by atoms with van der Waals surface area (Å²) >= 11 is 0. The van der Waals surface area contributed by atoms with Crippen LogP contribution < -0.4 is 10.1 Å². The van der Waals surface area contributed by atoms with Crippen molar-refractivity contribution in [2.75, 3.05) is 13.2 Å². The summed E-state index contributed by atoms with van der Waals surface area (Å²) in [6.45, 7) is 9.60. The Kier molecular flexibility index (Phi) is 9.48. The second kappa shape index (κ2) is 13.4. The summed E-state index contributed by atoms with van der Waals surface area (Å²) in [6.07, 6.45) is 6.53. The molecule has 1 amide bonds. The first-order chi connectivity index (χ1) is 20.3. The number of hydrogen-bond acceptors (Lipinski definition) is 5. The van der Waals surface area contributed by atoms with Gasteiger partial charge in [0.2, 0.25) is 0 Å². The van der Waals surface area contributed by atoms with E-state index in [1.165, 1.54) is 5.56 Å². The minimum atomic E-state index is -0.501. The van der Waals surface area contributed by atoms with Crippen molar-refractivity contribution in [2.45, 2.75) is 84.2 Å². The Morgan fingerprint density at radius 1 is 1.07 bits per heavy atom. The molecule has 2 atom stereocenters. The van der Waals surface area contributed by atoms with E-state index in [9.17, 15) is 4.79 Å². The molecule has 2 heterocycles. The third-order valence-corrected chi connectivity index (χ3v) is 7.73. The van der Waals surface area contributed by atoms with Gasteiger partial charge in [-0.25, -0.2) is 9.48 Å². The fraction of sp³-hybridized carbons (Fsp3) is 0.429. The Bertz CT molecular complexity index is 1450. The zero-order valence-corrected chi connectivity index (χ0v) is 25.3.